The quantitative estimate of drug-likeness (QED) is 0.187. The fourth-order valence-electron chi connectivity index (χ4n) is 8.76. The van der Waals surface area contributed by atoms with E-state index in [2.05, 4.69) is 189 Å². The molecule has 4 heterocycles. The number of rotatable bonds is 3. The first-order valence-electron chi connectivity index (χ1n) is 18.0. The van der Waals surface area contributed by atoms with Crippen LogP contribution in [-0.2, 0) is 0 Å². The molecule has 0 bridgehead atoms. The van der Waals surface area contributed by atoms with Gasteiger partial charge < -0.3 is 4.57 Å². The Balaban J connectivity index is 1.18. The summed E-state index contributed by atoms with van der Waals surface area (Å²) in [7, 11) is 0. The summed E-state index contributed by atoms with van der Waals surface area (Å²) >= 11 is 0. The number of hydrogen-bond acceptors (Lipinski definition) is 2. The van der Waals surface area contributed by atoms with Gasteiger partial charge in [-0.25, -0.2) is 9.97 Å². The number of hydrogen-bond donors (Lipinski definition) is 0. The predicted molar refractivity (Wildman–Crippen MR) is 220 cm³/mol. The van der Waals surface area contributed by atoms with Crippen LogP contribution in [0.1, 0.15) is 0 Å². The normalized spacial score (nSPS) is 12.2. The Morgan fingerprint density at radius 2 is 0.906 bits per heavy atom. The molecule has 8 aromatic carbocycles. The van der Waals surface area contributed by atoms with E-state index in [1.165, 1.54) is 54.5 Å². The first-order valence-corrected chi connectivity index (χ1v) is 18.0. The van der Waals surface area contributed by atoms with Gasteiger partial charge in [0.25, 0.3) is 0 Å². The third kappa shape index (κ3) is 3.91. The highest BCUT2D eigenvalue weighted by Gasteiger charge is 2.23. The van der Waals surface area contributed by atoms with Gasteiger partial charge in [-0.15, -0.1) is 0 Å². The molecule has 0 atom stereocenters. The van der Waals surface area contributed by atoms with Crippen LogP contribution in [0.5, 0.6) is 0 Å². The van der Waals surface area contributed by atoms with Gasteiger partial charge in [0.1, 0.15) is 5.65 Å². The molecule has 0 aliphatic rings. The number of nitrogens with zero attached hydrogens (tertiary/aromatic N) is 5. The van der Waals surface area contributed by atoms with Crippen LogP contribution in [0.3, 0.4) is 0 Å². The maximum absolute atomic E-state index is 5.43. The number of fused-ring (bicyclic) bond motifs is 13. The average Bonchev–Trinajstić information content (AvgIpc) is 3.89. The van der Waals surface area contributed by atoms with E-state index in [1.807, 2.05) is 0 Å². The van der Waals surface area contributed by atoms with Gasteiger partial charge in [-0.1, -0.05) is 115 Å². The van der Waals surface area contributed by atoms with Gasteiger partial charge in [-0.2, -0.15) is 0 Å². The number of benzene rings is 8. The minimum absolute atomic E-state index is 0.824. The van der Waals surface area contributed by atoms with Crippen LogP contribution in [0.2, 0.25) is 0 Å². The Labute approximate surface area is 303 Å². The summed E-state index contributed by atoms with van der Waals surface area (Å²) in [5, 5.41) is 8.28. The molecule has 0 radical (unpaired) electrons. The SMILES string of the molecule is c1cc(-c2cc3c4ccccc4n(-c4nc5ccccc5c5nc6ccccc6n45)c3c3ccccc23)cc(-n2c3ccccc3c3ccccc32)c1. The summed E-state index contributed by atoms with van der Waals surface area (Å²) in [6, 6.07) is 63.0. The van der Waals surface area contributed by atoms with Crippen LogP contribution in [0.25, 0.3) is 105 Å². The van der Waals surface area contributed by atoms with Crippen molar-refractivity contribution in [1.29, 1.82) is 0 Å². The molecule has 0 spiro atoms. The summed E-state index contributed by atoms with van der Waals surface area (Å²) in [5.41, 5.74) is 11.9. The molecule has 246 valence electrons. The van der Waals surface area contributed by atoms with E-state index in [1.54, 1.807) is 0 Å². The van der Waals surface area contributed by atoms with Gasteiger partial charge in [0, 0.05) is 38.0 Å². The summed E-state index contributed by atoms with van der Waals surface area (Å²) in [5.74, 6) is 0.824. The minimum Gasteiger partial charge on any atom is -0.309 e. The summed E-state index contributed by atoms with van der Waals surface area (Å²) in [6.45, 7) is 0. The molecule has 0 saturated heterocycles. The first kappa shape index (κ1) is 28.5. The van der Waals surface area contributed by atoms with Crippen molar-refractivity contribution in [1.82, 2.24) is 23.5 Å². The van der Waals surface area contributed by atoms with E-state index in [9.17, 15) is 0 Å². The second-order valence-corrected chi connectivity index (χ2v) is 13.8. The minimum atomic E-state index is 0.824. The van der Waals surface area contributed by atoms with E-state index < -0.39 is 0 Å². The van der Waals surface area contributed by atoms with Gasteiger partial charge in [0.05, 0.1) is 38.6 Å². The zero-order valence-electron chi connectivity index (χ0n) is 28.5. The van der Waals surface area contributed by atoms with Gasteiger partial charge in [-0.3, -0.25) is 8.97 Å². The Hall–Kier alpha value is -7.24. The van der Waals surface area contributed by atoms with Gasteiger partial charge in [0.15, 0.2) is 0 Å². The highest BCUT2D eigenvalue weighted by molar-refractivity contribution is 6.22. The zero-order valence-corrected chi connectivity index (χ0v) is 28.5. The van der Waals surface area contributed by atoms with Crippen molar-refractivity contribution in [3.05, 3.63) is 176 Å². The molecule has 0 aliphatic carbocycles. The van der Waals surface area contributed by atoms with Gasteiger partial charge in [0.2, 0.25) is 5.95 Å². The third-order valence-electron chi connectivity index (χ3n) is 11.0. The molecular formula is C48H29N5. The number of para-hydroxylation sites is 6. The maximum Gasteiger partial charge on any atom is 0.221 e. The third-order valence-corrected chi connectivity index (χ3v) is 11.0. The van der Waals surface area contributed by atoms with Crippen LogP contribution >= 0.6 is 0 Å². The summed E-state index contributed by atoms with van der Waals surface area (Å²) in [4.78, 5) is 10.6. The fraction of sp³-hybridized carbons (Fsp3) is 0. The summed E-state index contributed by atoms with van der Waals surface area (Å²) < 4.78 is 6.99. The monoisotopic (exact) mass is 675 g/mol. The zero-order chi connectivity index (χ0) is 34.6. The molecule has 12 aromatic rings. The molecule has 5 heteroatoms. The standard InChI is InChI=1S/C48H29N5/c1-2-20-36-32(16-1)38(30-14-13-15-31(28-30)51-42-24-9-4-17-33(42)34-18-5-10-25-43(34)51)29-39-35-19-6-11-26-44(35)52(46(36)39)48-50-40-22-7-3-21-37(40)47-49-41-23-8-12-27-45(41)53(47)48/h1-29H. The molecule has 53 heavy (non-hydrogen) atoms. The Bertz CT molecular complexity index is 3420. The molecule has 0 N–H and O–H groups in total. The van der Waals surface area contributed by atoms with Crippen molar-refractivity contribution in [2.24, 2.45) is 0 Å². The largest absolute Gasteiger partial charge is 0.309 e. The average molecular weight is 676 g/mol. The van der Waals surface area contributed by atoms with Crippen LogP contribution in [0, 0.1) is 0 Å². The first-order chi connectivity index (χ1) is 26.3. The molecular weight excluding hydrogens is 647 g/mol. The van der Waals surface area contributed by atoms with Crippen LogP contribution in [0.4, 0.5) is 0 Å². The van der Waals surface area contributed by atoms with E-state index in [0.29, 0.717) is 0 Å². The molecule has 4 aromatic heterocycles. The maximum atomic E-state index is 5.43. The lowest BCUT2D eigenvalue weighted by Crippen LogP contribution is -2.06. The van der Waals surface area contributed by atoms with Crippen LogP contribution < -0.4 is 0 Å². The second kappa shape index (κ2) is 10.6. The topological polar surface area (TPSA) is 40.1 Å². The molecule has 0 saturated carbocycles. The van der Waals surface area contributed by atoms with Gasteiger partial charge >= 0.3 is 0 Å². The van der Waals surface area contributed by atoms with Crippen LogP contribution in [-0.4, -0.2) is 23.5 Å². The molecule has 12 rings (SSSR count). The van der Waals surface area contributed by atoms with Crippen molar-refractivity contribution < 1.29 is 0 Å². The predicted octanol–water partition coefficient (Wildman–Crippen LogP) is 12.1. The Morgan fingerprint density at radius 1 is 0.358 bits per heavy atom. The smallest absolute Gasteiger partial charge is 0.221 e. The molecule has 5 nitrogen and oxygen atoms in total. The molecule has 0 amide bonds. The Kier molecular flexibility index (Phi) is 5.71. The highest BCUT2D eigenvalue weighted by Crippen LogP contribution is 2.42. The summed E-state index contributed by atoms with van der Waals surface area (Å²) in [6.07, 6.45) is 0. The van der Waals surface area contributed by atoms with Crippen LogP contribution in [0.15, 0.2) is 176 Å². The molecule has 0 aliphatic heterocycles. The second-order valence-electron chi connectivity index (χ2n) is 13.8. The lowest BCUT2D eigenvalue weighted by atomic mass is 9.95. The lowest BCUT2D eigenvalue weighted by molar-refractivity contribution is 0.982. The van der Waals surface area contributed by atoms with Crippen molar-refractivity contribution in [2.45, 2.75) is 0 Å². The van der Waals surface area contributed by atoms with Crippen molar-refractivity contribution in [3.8, 4) is 22.8 Å². The van der Waals surface area contributed by atoms with Gasteiger partial charge in [-0.05, 0) is 77.2 Å². The van der Waals surface area contributed by atoms with Crippen molar-refractivity contribution in [2.75, 3.05) is 0 Å². The van der Waals surface area contributed by atoms with E-state index >= 15 is 0 Å². The van der Waals surface area contributed by atoms with E-state index in [0.717, 1.165) is 50.3 Å². The van der Waals surface area contributed by atoms with E-state index in [-0.39, 0.29) is 0 Å². The lowest BCUT2D eigenvalue weighted by Gasteiger charge is -2.15. The molecule has 0 fully saturated rings. The van der Waals surface area contributed by atoms with E-state index in [4.69, 9.17) is 9.97 Å². The van der Waals surface area contributed by atoms with Crippen molar-refractivity contribution >= 4 is 82.0 Å². The number of aromatic nitrogens is 5. The highest BCUT2D eigenvalue weighted by atomic mass is 15.2. The van der Waals surface area contributed by atoms with Crippen molar-refractivity contribution in [3.63, 3.8) is 0 Å². The fourth-order valence-corrected chi connectivity index (χ4v) is 8.76. The number of imidazole rings is 1. The molecule has 0 unspecified atom stereocenters. The Morgan fingerprint density at radius 3 is 1.62 bits per heavy atom.